The SMILES string of the molecule is [AlH3].[Ti][SiH2][Fe]. The molecule has 24 valence electrons. The molecule has 0 aromatic carbocycles. The molecule has 4 heteroatoms. The minimum absolute atomic E-state index is 0. The quantitative estimate of drug-likeness (QED) is 0.359. The molecule has 0 heterocycles. The van der Waals surface area contributed by atoms with E-state index in [1.807, 2.05) is 0 Å². The van der Waals surface area contributed by atoms with Gasteiger partial charge in [0.2, 0.25) is 0 Å². The summed E-state index contributed by atoms with van der Waals surface area (Å²) in [5.74, 6) is 0.167. The fourth-order valence-electron chi connectivity index (χ4n) is 0. The van der Waals surface area contributed by atoms with E-state index in [9.17, 15) is 0 Å². The van der Waals surface area contributed by atoms with Gasteiger partial charge in [-0.15, -0.1) is 0 Å². The average Bonchev–Trinajstić information content (AvgIpc) is 0.918. The predicted molar refractivity (Wildman–Crippen MR) is 18.5 cm³/mol. The van der Waals surface area contributed by atoms with E-state index >= 15 is 0 Å². The summed E-state index contributed by atoms with van der Waals surface area (Å²) in [6.45, 7) is 0. The monoisotopic (exact) mass is 164 g/mol. The molecule has 0 saturated carbocycles. The van der Waals surface area contributed by atoms with E-state index in [-0.39, 0.29) is 23.4 Å². The van der Waals surface area contributed by atoms with Gasteiger partial charge in [0.05, 0.1) is 0 Å². The molecule has 0 amide bonds. The van der Waals surface area contributed by atoms with E-state index in [0.29, 0.717) is 0 Å². The fraction of sp³-hybridized carbons (Fsp3) is 0. The van der Waals surface area contributed by atoms with Crippen molar-refractivity contribution in [1.82, 2.24) is 0 Å². The maximum absolute atomic E-state index is 3.62. The molecule has 0 bridgehead atoms. The summed E-state index contributed by atoms with van der Waals surface area (Å²) < 4.78 is 0. The first-order valence-electron chi connectivity index (χ1n) is 0.604. The number of hydrogen-bond acceptors (Lipinski definition) is 0. The van der Waals surface area contributed by atoms with Crippen LogP contribution < -0.4 is 0 Å². The number of rotatable bonds is 0. The summed E-state index contributed by atoms with van der Waals surface area (Å²) in [5, 5.41) is 0. The zero-order valence-corrected chi connectivity index (χ0v) is 5.64. The zero-order valence-electron chi connectivity index (χ0n) is 1.56. The molecule has 0 unspecified atom stereocenters. The van der Waals surface area contributed by atoms with Crippen LogP contribution in [0.2, 0.25) is 0 Å². The van der Waals surface area contributed by atoms with Crippen LogP contribution in [0.3, 0.4) is 0 Å². The van der Waals surface area contributed by atoms with Crippen LogP contribution in [-0.2, 0) is 35.1 Å². The molecule has 0 rings (SSSR count). The minimum atomic E-state index is 0. The average molecular weight is 164 g/mol. The van der Waals surface area contributed by atoms with Crippen molar-refractivity contribution in [1.29, 1.82) is 0 Å². The topological polar surface area (TPSA) is 0 Å². The Hall–Kier alpha value is 1.98. The first-order chi connectivity index (χ1) is 1.41. The second kappa shape index (κ2) is 8.88. The van der Waals surface area contributed by atoms with Crippen molar-refractivity contribution in [2.75, 3.05) is 0 Å². The molecule has 4 heavy (non-hydrogen) atoms. The first kappa shape index (κ1) is 9.36. The molecule has 0 aliphatic rings. The van der Waals surface area contributed by atoms with Gasteiger partial charge in [-0.05, 0) is 0 Å². The van der Waals surface area contributed by atoms with E-state index in [0.717, 1.165) is 0 Å². The van der Waals surface area contributed by atoms with Crippen LogP contribution in [0.15, 0.2) is 0 Å². The molecule has 0 N–H and O–H groups in total. The van der Waals surface area contributed by atoms with Gasteiger partial charge < -0.3 is 0 Å². The second-order valence-corrected chi connectivity index (χ2v) is 6.37. The third-order valence-electron chi connectivity index (χ3n) is 0. The molecule has 0 spiro atoms. The normalized spacial score (nSPS) is 7.00. The van der Waals surface area contributed by atoms with Gasteiger partial charge >= 0.3 is 41.1 Å². The van der Waals surface area contributed by atoms with Crippen LogP contribution in [0.4, 0.5) is 0 Å². The Morgan fingerprint density at radius 2 is 1.75 bits per heavy atom. The van der Waals surface area contributed by atoms with Crippen molar-refractivity contribution in [3.8, 4) is 0 Å². The molecule has 0 aliphatic carbocycles. The summed E-state index contributed by atoms with van der Waals surface area (Å²) >= 11 is 5.78. The standard InChI is InChI=1S/Al.Fe.H2Si.Ti.3H/h;;1H2;;;;. The van der Waals surface area contributed by atoms with Gasteiger partial charge in [-0.2, -0.15) is 0 Å². The third-order valence-corrected chi connectivity index (χ3v) is 0. The van der Waals surface area contributed by atoms with Crippen molar-refractivity contribution >= 4 is 23.4 Å². The predicted octanol–water partition coefficient (Wildman–Crippen LogP) is -2.11. The van der Waals surface area contributed by atoms with Crippen molar-refractivity contribution in [3.05, 3.63) is 0 Å². The molecule has 0 aliphatic heterocycles. The Bertz CT molecular complexity index is 8.00. The Labute approximate surface area is 57.9 Å². The van der Waals surface area contributed by atoms with Crippen LogP contribution in [0.25, 0.3) is 0 Å². The molecule has 0 fully saturated rings. The summed E-state index contributed by atoms with van der Waals surface area (Å²) in [7, 11) is 0. The van der Waals surface area contributed by atoms with Crippen LogP contribution in [0.5, 0.6) is 0 Å². The summed E-state index contributed by atoms with van der Waals surface area (Å²) in [6.07, 6.45) is 0. The van der Waals surface area contributed by atoms with E-state index in [4.69, 9.17) is 0 Å². The maximum atomic E-state index is 3.62. The molecule has 0 radical (unpaired) electrons. The summed E-state index contributed by atoms with van der Waals surface area (Å²) in [4.78, 5) is 0. The summed E-state index contributed by atoms with van der Waals surface area (Å²) in [5.41, 5.74) is 0. The molecular weight excluding hydrogens is 159 g/mol. The molecule has 0 nitrogen and oxygen atoms in total. The number of hydrogen-bond donors (Lipinski definition) is 0. The van der Waals surface area contributed by atoms with Crippen LogP contribution in [0.1, 0.15) is 0 Å². The molecular formula is H5AlFeSiTi. The van der Waals surface area contributed by atoms with Crippen molar-refractivity contribution in [2.24, 2.45) is 0 Å². The molecule has 0 aromatic rings. The molecule has 0 atom stereocenters. The zero-order chi connectivity index (χ0) is 2.71. The Kier molecular flexibility index (Phi) is 20.8. The van der Waals surface area contributed by atoms with Crippen LogP contribution in [0, 0.1) is 0 Å². The van der Waals surface area contributed by atoms with Crippen molar-refractivity contribution < 1.29 is 35.1 Å². The Morgan fingerprint density at radius 3 is 1.75 bits per heavy atom. The third kappa shape index (κ3) is 9.01. The van der Waals surface area contributed by atoms with Crippen molar-refractivity contribution in [2.45, 2.75) is 0 Å². The fourth-order valence-corrected chi connectivity index (χ4v) is 0. The van der Waals surface area contributed by atoms with Gasteiger partial charge in [-0.25, -0.2) is 0 Å². The first-order valence-corrected chi connectivity index (χ1v) is 7.47. The van der Waals surface area contributed by atoms with Gasteiger partial charge in [0, 0.05) is 0 Å². The van der Waals surface area contributed by atoms with Gasteiger partial charge in [0.25, 0.3) is 0 Å². The van der Waals surface area contributed by atoms with Gasteiger partial charge in [0.1, 0.15) is 0 Å². The molecule has 0 aromatic heterocycles. The van der Waals surface area contributed by atoms with Gasteiger partial charge in [0.15, 0.2) is 17.4 Å². The van der Waals surface area contributed by atoms with Crippen LogP contribution in [-0.4, -0.2) is 23.4 Å². The van der Waals surface area contributed by atoms with E-state index in [1.165, 1.54) is 0 Å². The molecule has 0 saturated heterocycles. The van der Waals surface area contributed by atoms with Gasteiger partial charge in [-0.1, -0.05) is 0 Å². The van der Waals surface area contributed by atoms with Crippen molar-refractivity contribution in [3.63, 3.8) is 0 Å². The second-order valence-electron chi connectivity index (χ2n) is 0.125. The van der Waals surface area contributed by atoms with E-state index < -0.39 is 0 Å². The van der Waals surface area contributed by atoms with E-state index in [1.54, 1.807) is 0 Å². The Balaban J connectivity index is 0. The summed E-state index contributed by atoms with van der Waals surface area (Å²) in [6, 6.07) is 0. The van der Waals surface area contributed by atoms with E-state index in [2.05, 4.69) is 35.1 Å². The Morgan fingerprint density at radius 1 is 1.75 bits per heavy atom. The van der Waals surface area contributed by atoms with Gasteiger partial charge in [-0.3, -0.25) is 0 Å². The van der Waals surface area contributed by atoms with Crippen LogP contribution >= 0.6 is 0 Å².